The standard InChI is InChI=1S/C18H15N3O5/c1-12-10-15(21-26-12)20-16(22)11-24-18(23)14-8-5-9-19-17(14)25-13-6-3-2-4-7-13/h2-10H,11H2,1H3,(H,20,21,22). The van der Waals surface area contributed by atoms with Crippen molar-refractivity contribution in [3.05, 3.63) is 66.1 Å². The highest BCUT2D eigenvalue weighted by atomic mass is 16.5. The number of anilines is 1. The SMILES string of the molecule is Cc1cc(NC(=O)COC(=O)c2cccnc2Oc2ccccc2)no1. The molecule has 0 aliphatic heterocycles. The summed E-state index contributed by atoms with van der Waals surface area (Å²) in [6.07, 6.45) is 1.49. The van der Waals surface area contributed by atoms with Crippen LogP contribution in [0.3, 0.4) is 0 Å². The molecule has 0 saturated carbocycles. The highest BCUT2D eigenvalue weighted by Gasteiger charge is 2.17. The van der Waals surface area contributed by atoms with Crippen molar-refractivity contribution < 1.29 is 23.6 Å². The molecule has 8 heteroatoms. The molecule has 0 atom stereocenters. The summed E-state index contributed by atoms with van der Waals surface area (Å²) in [5, 5.41) is 6.08. The topological polar surface area (TPSA) is 104 Å². The predicted molar refractivity (Wildman–Crippen MR) is 90.9 cm³/mol. The molecule has 132 valence electrons. The maximum absolute atomic E-state index is 12.3. The van der Waals surface area contributed by atoms with Gasteiger partial charge < -0.3 is 19.3 Å². The van der Waals surface area contributed by atoms with Gasteiger partial charge in [0.05, 0.1) is 0 Å². The van der Waals surface area contributed by atoms with Crippen molar-refractivity contribution in [2.45, 2.75) is 6.92 Å². The molecule has 26 heavy (non-hydrogen) atoms. The van der Waals surface area contributed by atoms with Gasteiger partial charge in [0.25, 0.3) is 5.91 Å². The van der Waals surface area contributed by atoms with Crippen LogP contribution in [-0.2, 0) is 9.53 Å². The van der Waals surface area contributed by atoms with Gasteiger partial charge in [-0.25, -0.2) is 9.78 Å². The lowest BCUT2D eigenvalue weighted by Gasteiger charge is -2.09. The van der Waals surface area contributed by atoms with Crippen molar-refractivity contribution in [3.8, 4) is 11.6 Å². The molecule has 0 spiro atoms. The number of pyridine rings is 1. The lowest BCUT2D eigenvalue weighted by molar-refractivity contribution is -0.119. The van der Waals surface area contributed by atoms with Crippen LogP contribution in [0.1, 0.15) is 16.1 Å². The van der Waals surface area contributed by atoms with Gasteiger partial charge in [-0.05, 0) is 31.2 Å². The van der Waals surface area contributed by atoms with E-state index in [1.54, 1.807) is 43.3 Å². The summed E-state index contributed by atoms with van der Waals surface area (Å²) in [6.45, 7) is 1.21. The van der Waals surface area contributed by atoms with Gasteiger partial charge in [0.2, 0.25) is 5.88 Å². The van der Waals surface area contributed by atoms with E-state index < -0.39 is 18.5 Å². The second kappa shape index (κ2) is 7.93. The number of carbonyl (C=O) groups is 2. The van der Waals surface area contributed by atoms with E-state index in [-0.39, 0.29) is 17.3 Å². The fourth-order valence-corrected chi connectivity index (χ4v) is 2.04. The van der Waals surface area contributed by atoms with Gasteiger partial charge in [-0.15, -0.1) is 0 Å². The molecular weight excluding hydrogens is 338 g/mol. The Hall–Kier alpha value is -3.68. The summed E-state index contributed by atoms with van der Waals surface area (Å²) in [7, 11) is 0. The molecule has 2 heterocycles. The Morgan fingerprint density at radius 3 is 2.69 bits per heavy atom. The average Bonchev–Trinajstić information content (AvgIpc) is 3.06. The fourth-order valence-electron chi connectivity index (χ4n) is 2.04. The van der Waals surface area contributed by atoms with Gasteiger partial charge in [0.15, 0.2) is 12.4 Å². The van der Waals surface area contributed by atoms with E-state index in [2.05, 4.69) is 15.5 Å². The summed E-state index contributed by atoms with van der Waals surface area (Å²) in [6, 6.07) is 13.5. The molecule has 0 fully saturated rings. The maximum Gasteiger partial charge on any atom is 0.344 e. The second-order valence-corrected chi connectivity index (χ2v) is 5.22. The number of benzene rings is 1. The minimum atomic E-state index is -0.726. The first-order valence-corrected chi connectivity index (χ1v) is 7.70. The van der Waals surface area contributed by atoms with Crippen molar-refractivity contribution >= 4 is 17.7 Å². The minimum Gasteiger partial charge on any atom is -0.452 e. The van der Waals surface area contributed by atoms with Crippen LogP contribution in [-0.4, -0.2) is 28.6 Å². The molecule has 1 N–H and O–H groups in total. The van der Waals surface area contributed by atoms with Gasteiger partial charge in [0, 0.05) is 12.3 Å². The quantitative estimate of drug-likeness (QED) is 0.679. The first-order chi connectivity index (χ1) is 12.6. The number of para-hydroxylation sites is 1. The maximum atomic E-state index is 12.3. The Labute approximate surface area is 148 Å². The van der Waals surface area contributed by atoms with Crippen molar-refractivity contribution in [1.82, 2.24) is 10.1 Å². The summed E-state index contributed by atoms with van der Waals surface area (Å²) < 4.78 is 15.5. The molecule has 0 aliphatic carbocycles. The molecule has 1 amide bonds. The molecule has 1 aromatic carbocycles. The molecule has 0 saturated heterocycles. The summed E-state index contributed by atoms with van der Waals surface area (Å²) in [5.74, 6) is 0.153. The van der Waals surface area contributed by atoms with Crippen LogP contribution in [0.4, 0.5) is 5.82 Å². The van der Waals surface area contributed by atoms with Crippen molar-refractivity contribution in [3.63, 3.8) is 0 Å². The molecule has 0 unspecified atom stereocenters. The number of hydrogen-bond donors (Lipinski definition) is 1. The van der Waals surface area contributed by atoms with Gasteiger partial charge in [-0.2, -0.15) is 0 Å². The normalized spacial score (nSPS) is 10.2. The van der Waals surface area contributed by atoms with Gasteiger partial charge in [-0.3, -0.25) is 4.79 Å². The average molecular weight is 353 g/mol. The van der Waals surface area contributed by atoms with Gasteiger partial charge >= 0.3 is 5.97 Å². The van der Waals surface area contributed by atoms with E-state index in [4.69, 9.17) is 14.0 Å². The van der Waals surface area contributed by atoms with Crippen LogP contribution in [0.2, 0.25) is 0 Å². The number of ether oxygens (including phenoxy) is 2. The minimum absolute atomic E-state index is 0.0937. The van der Waals surface area contributed by atoms with Crippen LogP contribution in [0, 0.1) is 6.92 Å². The molecule has 0 radical (unpaired) electrons. The molecule has 2 aromatic heterocycles. The summed E-state index contributed by atoms with van der Waals surface area (Å²) in [5.41, 5.74) is 0.112. The lowest BCUT2D eigenvalue weighted by Crippen LogP contribution is -2.21. The summed E-state index contributed by atoms with van der Waals surface area (Å²) in [4.78, 5) is 28.1. The Morgan fingerprint density at radius 1 is 1.15 bits per heavy atom. The number of aryl methyl sites for hydroxylation is 1. The first kappa shape index (κ1) is 17.2. The van der Waals surface area contributed by atoms with E-state index in [9.17, 15) is 9.59 Å². The van der Waals surface area contributed by atoms with Crippen LogP contribution in [0.15, 0.2) is 59.3 Å². The third kappa shape index (κ3) is 4.44. The number of amides is 1. The first-order valence-electron chi connectivity index (χ1n) is 7.70. The third-order valence-corrected chi connectivity index (χ3v) is 3.18. The third-order valence-electron chi connectivity index (χ3n) is 3.18. The highest BCUT2D eigenvalue weighted by molar-refractivity contribution is 5.96. The predicted octanol–water partition coefficient (Wildman–Crippen LogP) is 2.97. The summed E-state index contributed by atoms with van der Waals surface area (Å²) >= 11 is 0. The van der Waals surface area contributed by atoms with Crippen LogP contribution >= 0.6 is 0 Å². The molecule has 8 nitrogen and oxygen atoms in total. The van der Waals surface area contributed by atoms with Crippen LogP contribution in [0.5, 0.6) is 11.6 Å². The molecule has 3 aromatic rings. The Balaban J connectivity index is 1.62. The Kier molecular flexibility index (Phi) is 5.23. The van der Waals surface area contributed by atoms with Crippen molar-refractivity contribution in [2.75, 3.05) is 11.9 Å². The van der Waals surface area contributed by atoms with Crippen molar-refractivity contribution in [1.29, 1.82) is 0 Å². The largest absolute Gasteiger partial charge is 0.452 e. The zero-order chi connectivity index (χ0) is 18.4. The van der Waals surface area contributed by atoms with Gasteiger partial charge in [0.1, 0.15) is 17.1 Å². The molecule has 0 aliphatic rings. The monoisotopic (exact) mass is 353 g/mol. The van der Waals surface area contributed by atoms with E-state index in [1.165, 1.54) is 12.3 Å². The number of aromatic nitrogens is 2. The number of rotatable bonds is 6. The van der Waals surface area contributed by atoms with E-state index in [1.807, 2.05) is 6.07 Å². The number of carbonyl (C=O) groups excluding carboxylic acids is 2. The number of nitrogens with one attached hydrogen (secondary N) is 1. The molecule has 0 bridgehead atoms. The smallest absolute Gasteiger partial charge is 0.344 e. The number of nitrogens with zero attached hydrogens (tertiary/aromatic N) is 2. The van der Waals surface area contributed by atoms with E-state index in [0.29, 0.717) is 11.5 Å². The van der Waals surface area contributed by atoms with Gasteiger partial charge in [-0.1, -0.05) is 23.4 Å². The molecular formula is C18H15N3O5. The fraction of sp³-hybridized carbons (Fsp3) is 0.111. The van der Waals surface area contributed by atoms with Crippen LogP contribution in [0.25, 0.3) is 0 Å². The zero-order valence-corrected chi connectivity index (χ0v) is 13.8. The Bertz CT molecular complexity index is 908. The van der Waals surface area contributed by atoms with Crippen molar-refractivity contribution in [2.24, 2.45) is 0 Å². The Morgan fingerprint density at radius 2 is 1.96 bits per heavy atom. The zero-order valence-electron chi connectivity index (χ0n) is 13.8. The molecule has 3 rings (SSSR count). The second-order valence-electron chi connectivity index (χ2n) is 5.22. The lowest BCUT2D eigenvalue weighted by atomic mass is 10.2. The van der Waals surface area contributed by atoms with E-state index >= 15 is 0 Å². The highest BCUT2D eigenvalue weighted by Crippen LogP contribution is 2.23. The number of esters is 1. The van der Waals surface area contributed by atoms with E-state index in [0.717, 1.165) is 0 Å². The number of hydrogen-bond acceptors (Lipinski definition) is 7. The van der Waals surface area contributed by atoms with Crippen LogP contribution < -0.4 is 10.1 Å².